The number of carbonyl (C=O) groups is 1. The molecular formula is C21H20ClN5O2. The summed E-state index contributed by atoms with van der Waals surface area (Å²) in [5, 5.41) is 3.86. The Kier molecular flexibility index (Phi) is 4.92. The molecule has 7 nitrogen and oxygen atoms in total. The van der Waals surface area contributed by atoms with Gasteiger partial charge in [0.15, 0.2) is 5.78 Å². The lowest BCUT2D eigenvalue weighted by Gasteiger charge is -2.34. The van der Waals surface area contributed by atoms with Crippen LogP contribution in [0.1, 0.15) is 36.2 Å². The molecule has 0 spiro atoms. The van der Waals surface area contributed by atoms with Crippen LogP contribution in [0.4, 0.5) is 5.95 Å². The summed E-state index contributed by atoms with van der Waals surface area (Å²) in [6.45, 7) is 4.66. The molecule has 0 saturated carbocycles. The lowest BCUT2D eigenvalue weighted by molar-refractivity contribution is 0.0992. The maximum absolute atomic E-state index is 13.3. The summed E-state index contributed by atoms with van der Waals surface area (Å²) in [5.41, 5.74) is 1.32. The molecule has 2 aromatic heterocycles. The van der Waals surface area contributed by atoms with Crippen LogP contribution in [0.15, 0.2) is 47.7 Å². The van der Waals surface area contributed by atoms with Crippen molar-refractivity contribution in [3.63, 3.8) is 0 Å². The highest BCUT2D eigenvalue weighted by atomic mass is 35.5. The molecule has 1 aliphatic heterocycles. The van der Waals surface area contributed by atoms with E-state index in [0.717, 1.165) is 6.42 Å². The topological polar surface area (TPSA) is 89.8 Å². The van der Waals surface area contributed by atoms with Crippen LogP contribution in [0.25, 0.3) is 11.4 Å². The third kappa shape index (κ3) is 3.91. The van der Waals surface area contributed by atoms with Crippen LogP contribution < -0.4 is 10.9 Å². The van der Waals surface area contributed by atoms with Crippen LogP contribution in [0.5, 0.6) is 0 Å². The second-order valence-electron chi connectivity index (χ2n) is 7.68. The fraction of sp³-hybridized carbons (Fsp3) is 0.286. The monoisotopic (exact) mass is 409 g/mol. The molecule has 0 bridgehead atoms. The SMILES string of the molecule is CC1(C)CCn2c(nc(-c3ccncn3)c(CC(=O)c3ccc(Cl)cc3)c2=O)N1. The van der Waals surface area contributed by atoms with Gasteiger partial charge in [0.25, 0.3) is 5.56 Å². The van der Waals surface area contributed by atoms with Crippen molar-refractivity contribution in [2.75, 3.05) is 5.32 Å². The highest BCUT2D eigenvalue weighted by molar-refractivity contribution is 6.30. The van der Waals surface area contributed by atoms with E-state index in [1.165, 1.54) is 6.33 Å². The van der Waals surface area contributed by atoms with Crippen LogP contribution in [0.3, 0.4) is 0 Å². The summed E-state index contributed by atoms with van der Waals surface area (Å²) in [7, 11) is 0. The standard InChI is InChI=1S/C21H20ClN5O2/c1-21(2)8-10-27-19(29)15(11-17(28)13-3-5-14(22)6-4-13)18(25-20(27)26-21)16-7-9-23-12-24-16/h3-7,9,12H,8,10-11H2,1-2H3,(H,25,26). The number of halogens is 1. The maximum Gasteiger partial charge on any atom is 0.259 e. The normalized spacial score (nSPS) is 14.7. The number of hydrogen-bond donors (Lipinski definition) is 1. The molecule has 0 saturated heterocycles. The quantitative estimate of drug-likeness (QED) is 0.664. The van der Waals surface area contributed by atoms with Gasteiger partial charge in [-0.15, -0.1) is 0 Å². The number of benzene rings is 1. The molecule has 0 fully saturated rings. The molecular weight excluding hydrogens is 390 g/mol. The molecule has 3 heterocycles. The first kappa shape index (κ1) is 19.3. The predicted octanol–water partition coefficient (Wildman–Crippen LogP) is 3.37. The van der Waals surface area contributed by atoms with Gasteiger partial charge in [0.2, 0.25) is 5.95 Å². The van der Waals surface area contributed by atoms with Crippen molar-refractivity contribution in [1.82, 2.24) is 19.5 Å². The number of hydrogen-bond acceptors (Lipinski definition) is 6. The molecule has 0 radical (unpaired) electrons. The third-order valence-electron chi connectivity index (χ3n) is 5.00. The van der Waals surface area contributed by atoms with E-state index in [2.05, 4.69) is 34.1 Å². The number of aromatic nitrogens is 4. The van der Waals surface area contributed by atoms with Crippen LogP contribution >= 0.6 is 11.6 Å². The van der Waals surface area contributed by atoms with Gasteiger partial charge in [-0.05, 0) is 50.6 Å². The lowest BCUT2D eigenvalue weighted by Crippen LogP contribution is -2.43. The van der Waals surface area contributed by atoms with Gasteiger partial charge in [-0.1, -0.05) is 11.6 Å². The molecule has 4 rings (SSSR count). The number of carbonyl (C=O) groups excluding carboxylic acids is 1. The van der Waals surface area contributed by atoms with Crippen molar-refractivity contribution in [2.24, 2.45) is 0 Å². The Hall–Kier alpha value is -3.06. The molecule has 148 valence electrons. The minimum Gasteiger partial charge on any atom is -0.351 e. The second kappa shape index (κ2) is 7.40. The Morgan fingerprint density at radius 2 is 2.00 bits per heavy atom. The zero-order chi connectivity index (χ0) is 20.6. The predicted molar refractivity (Wildman–Crippen MR) is 111 cm³/mol. The summed E-state index contributed by atoms with van der Waals surface area (Å²) in [5.74, 6) is 0.308. The summed E-state index contributed by atoms with van der Waals surface area (Å²) in [6.07, 6.45) is 3.69. The number of Topliss-reactive ketones (excluding diaryl/α,β-unsaturated/α-hetero) is 1. The third-order valence-corrected chi connectivity index (χ3v) is 5.25. The number of anilines is 1. The highest BCUT2D eigenvalue weighted by Crippen LogP contribution is 2.27. The second-order valence-corrected chi connectivity index (χ2v) is 8.12. The smallest absolute Gasteiger partial charge is 0.259 e. The Morgan fingerprint density at radius 1 is 1.24 bits per heavy atom. The molecule has 1 N–H and O–H groups in total. The van der Waals surface area contributed by atoms with Crippen molar-refractivity contribution in [2.45, 2.75) is 38.8 Å². The van der Waals surface area contributed by atoms with Crippen LogP contribution in [0.2, 0.25) is 5.02 Å². The molecule has 0 atom stereocenters. The first-order valence-corrected chi connectivity index (χ1v) is 9.69. The van der Waals surface area contributed by atoms with Crippen LogP contribution in [-0.2, 0) is 13.0 Å². The van der Waals surface area contributed by atoms with Crippen LogP contribution in [-0.4, -0.2) is 30.8 Å². The van der Waals surface area contributed by atoms with Crippen molar-refractivity contribution in [3.8, 4) is 11.4 Å². The Labute approximate surface area is 172 Å². The summed E-state index contributed by atoms with van der Waals surface area (Å²) in [4.78, 5) is 39.0. The molecule has 1 aromatic carbocycles. The van der Waals surface area contributed by atoms with E-state index >= 15 is 0 Å². The van der Waals surface area contributed by atoms with Gasteiger partial charge in [0, 0.05) is 35.3 Å². The van der Waals surface area contributed by atoms with E-state index in [-0.39, 0.29) is 23.3 Å². The van der Waals surface area contributed by atoms with Gasteiger partial charge in [0.05, 0.1) is 11.3 Å². The summed E-state index contributed by atoms with van der Waals surface area (Å²) in [6, 6.07) is 8.31. The minimum atomic E-state index is -0.228. The van der Waals surface area contributed by atoms with Gasteiger partial charge in [-0.25, -0.2) is 15.0 Å². The molecule has 8 heteroatoms. The van der Waals surface area contributed by atoms with Gasteiger partial charge < -0.3 is 5.32 Å². The van der Waals surface area contributed by atoms with Crippen molar-refractivity contribution >= 4 is 23.3 Å². The van der Waals surface area contributed by atoms with Gasteiger partial charge in [0.1, 0.15) is 12.0 Å². The average molecular weight is 410 g/mol. The largest absolute Gasteiger partial charge is 0.351 e. The van der Waals surface area contributed by atoms with Gasteiger partial charge in [-0.2, -0.15) is 0 Å². The minimum absolute atomic E-state index is 0.0729. The number of rotatable bonds is 4. The van der Waals surface area contributed by atoms with Crippen molar-refractivity contribution < 1.29 is 4.79 Å². The van der Waals surface area contributed by atoms with Crippen molar-refractivity contribution in [1.29, 1.82) is 0 Å². The van der Waals surface area contributed by atoms with E-state index in [0.29, 0.717) is 40.0 Å². The van der Waals surface area contributed by atoms with Crippen molar-refractivity contribution in [3.05, 3.63) is 69.4 Å². The molecule has 0 amide bonds. The average Bonchev–Trinajstić information content (AvgIpc) is 2.70. The Morgan fingerprint density at radius 3 is 2.69 bits per heavy atom. The summed E-state index contributed by atoms with van der Waals surface area (Å²) < 4.78 is 1.60. The van der Waals surface area contributed by atoms with E-state index in [9.17, 15) is 9.59 Å². The molecule has 0 unspecified atom stereocenters. The van der Waals surface area contributed by atoms with E-state index in [4.69, 9.17) is 11.6 Å². The number of nitrogens with one attached hydrogen (secondary N) is 1. The maximum atomic E-state index is 13.3. The number of fused-ring (bicyclic) bond motifs is 1. The van der Waals surface area contributed by atoms with E-state index in [1.54, 1.807) is 41.1 Å². The van der Waals surface area contributed by atoms with Crippen LogP contribution in [0, 0.1) is 0 Å². The molecule has 29 heavy (non-hydrogen) atoms. The number of nitrogens with zero attached hydrogens (tertiary/aromatic N) is 4. The highest BCUT2D eigenvalue weighted by Gasteiger charge is 2.29. The Bertz CT molecular complexity index is 1120. The molecule has 0 aliphatic carbocycles. The number of ketones is 1. The van der Waals surface area contributed by atoms with E-state index in [1.807, 2.05) is 0 Å². The van der Waals surface area contributed by atoms with Gasteiger partial charge in [-0.3, -0.25) is 14.2 Å². The first-order chi connectivity index (χ1) is 13.8. The fourth-order valence-electron chi connectivity index (χ4n) is 3.35. The Balaban J connectivity index is 1.82. The van der Waals surface area contributed by atoms with Gasteiger partial charge >= 0.3 is 0 Å². The van der Waals surface area contributed by atoms with E-state index < -0.39 is 0 Å². The fourth-order valence-corrected chi connectivity index (χ4v) is 3.48. The first-order valence-electron chi connectivity index (χ1n) is 9.31. The molecule has 1 aliphatic rings. The zero-order valence-electron chi connectivity index (χ0n) is 16.1. The summed E-state index contributed by atoms with van der Waals surface area (Å²) >= 11 is 5.91. The zero-order valence-corrected chi connectivity index (χ0v) is 16.9. The lowest BCUT2D eigenvalue weighted by atomic mass is 9.98. The molecule has 3 aromatic rings.